The van der Waals surface area contributed by atoms with Gasteiger partial charge in [0.1, 0.15) is 6.29 Å². The number of carbonyl (C=O) groups excluding carboxylic acids is 1. The van der Waals surface area contributed by atoms with Crippen LogP contribution in [0.2, 0.25) is 0 Å². The molecule has 3 aliphatic rings. The predicted octanol–water partition coefficient (Wildman–Crippen LogP) is 0.455. The molecule has 0 N–H and O–H groups in total. The SMILES string of the molecule is O=CC1(CN2CC3CCC(C2)O3)CCOC1. The van der Waals surface area contributed by atoms with Crippen molar-refractivity contribution in [3.8, 4) is 0 Å². The average molecular weight is 225 g/mol. The lowest BCUT2D eigenvalue weighted by atomic mass is 9.88. The largest absolute Gasteiger partial charge is 0.380 e. The van der Waals surface area contributed by atoms with Crippen molar-refractivity contribution in [1.82, 2.24) is 4.90 Å². The van der Waals surface area contributed by atoms with Crippen molar-refractivity contribution in [3.63, 3.8) is 0 Å². The third kappa shape index (κ3) is 1.90. The van der Waals surface area contributed by atoms with Crippen LogP contribution in [0.3, 0.4) is 0 Å². The predicted molar refractivity (Wildman–Crippen MR) is 58.3 cm³/mol. The van der Waals surface area contributed by atoms with Gasteiger partial charge in [-0.05, 0) is 19.3 Å². The van der Waals surface area contributed by atoms with Gasteiger partial charge in [0, 0.05) is 26.2 Å². The zero-order valence-electron chi connectivity index (χ0n) is 9.56. The van der Waals surface area contributed by atoms with E-state index in [1.165, 1.54) is 12.8 Å². The number of nitrogens with zero attached hydrogens (tertiary/aromatic N) is 1. The molecule has 4 heteroatoms. The highest BCUT2D eigenvalue weighted by atomic mass is 16.5. The number of fused-ring (bicyclic) bond motifs is 2. The summed E-state index contributed by atoms with van der Waals surface area (Å²) in [4.78, 5) is 13.6. The average Bonchev–Trinajstić information content (AvgIpc) is 2.87. The highest BCUT2D eigenvalue weighted by Gasteiger charge is 2.40. The summed E-state index contributed by atoms with van der Waals surface area (Å²) in [5.41, 5.74) is -0.239. The number of morpholine rings is 1. The molecule has 0 radical (unpaired) electrons. The molecule has 0 amide bonds. The number of carbonyl (C=O) groups is 1. The molecule has 2 bridgehead atoms. The fraction of sp³-hybridized carbons (Fsp3) is 0.917. The summed E-state index contributed by atoms with van der Waals surface area (Å²) >= 11 is 0. The van der Waals surface area contributed by atoms with Crippen molar-refractivity contribution in [2.75, 3.05) is 32.8 Å². The third-order valence-electron chi connectivity index (χ3n) is 4.04. The van der Waals surface area contributed by atoms with Crippen LogP contribution in [0, 0.1) is 5.41 Å². The Balaban J connectivity index is 1.63. The van der Waals surface area contributed by atoms with Gasteiger partial charge in [0.2, 0.25) is 0 Å². The molecule has 3 fully saturated rings. The van der Waals surface area contributed by atoms with E-state index in [2.05, 4.69) is 4.90 Å². The van der Waals surface area contributed by atoms with E-state index >= 15 is 0 Å². The highest BCUT2D eigenvalue weighted by Crippen LogP contribution is 2.31. The summed E-state index contributed by atoms with van der Waals surface area (Å²) in [6.07, 6.45) is 5.17. The molecule has 0 aliphatic carbocycles. The van der Waals surface area contributed by atoms with Crippen LogP contribution in [-0.4, -0.2) is 56.2 Å². The molecular weight excluding hydrogens is 206 g/mol. The Morgan fingerprint density at radius 1 is 1.31 bits per heavy atom. The van der Waals surface area contributed by atoms with E-state index in [1.807, 2.05) is 0 Å². The minimum absolute atomic E-state index is 0.239. The Morgan fingerprint density at radius 3 is 2.62 bits per heavy atom. The van der Waals surface area contributed by atoms with E-state index < -0.39 is 0 Å². The summed E-state index contributed by atoms with van der Waals surface area (Å²) < 4.78 is 11.2. The summed E-state index contributed by atoms with van der Waals surface area (Å²) in [6.45, 7) is 4.17. The topological polar surface area (TPSA) is 38.8 Å². The molecule has 3 rings (SSSR count). The Bertz CT molecular complexity index is 263. The van der Waals surface area contributed by atoms with Crippen molar-refractivity contribution in [1.29, 1.82) is 0 Å². The number of likely N-dealkylation sites (tertiary alicyclic amines) is 1. The summed E-state index contributed by atoms with van der Waals surface area (Å²) in [5, 5.41) is 0. The number of rotatable bonds is 3. The number of ether oxygens (including phenoxy) is 2. The zero-order valence-corrected chi connectivity index (χ0v) is 9.56. The van der Waals surface area contributed by atoms with Gasteiger partial charge in [0.25, 0.3) is 0 Å². The molecule has 0 spiro atoms. The molecule has 4 nitrogen and oxygen atoms in total. The molecular formula is C12H19NO3. The number of hydrogen-bond acceptors (Lipinski definition) is 4. The van der Waals surface area contributed by atoms with Crippen molar-refractivity contribution in [2.24, 2.45) is 5.41 Å². The van der Waals surface area contributed by atoms with E-state index in [0.717, 1.165) is 38.9 Å². The maximum Gasteiger partial charge on any atom is 0.129 e. The van der Waals surface area contributed by atoms with Crippen LogP contribution in [0.15, 0.2) is 0 Å². The third-order valence-corrected chi connectivity index (χ3v) is 4.04. The van der Waals surface area contributed by atoms with Crippen molar-refractivity contribution in [3.05, 3.63) is 0 Å². The Labute approximate surface area is 95.9 Å². The molecule has 0 saturated carbocycles. The molecule has 0 aromatic carbocycles. The van der Waals surface area contributed by atoms with Gasteiger partial charge >= 0.3 is 0 Å². The smallest absolute Gasteiger partial charge is 0.129 e. The second kappa shape index (κ2) is 4.09. The first-order valence-corrected chi connectivity index (χ1v) is 6.22. The van der Waals surface area contributed by atoms with E-state index in [0.29, 0.717) is 18.8 Å². The standard InChI is InChI=1S/C12H19NO3/c14-8-12(3-4-15-9-12)7-13-5-10-1-2-11(6-13)16-10/h8,10-11H,1-7,9H2. The van der Waals surface area contributed by atoms with Crippen LogP contribution >= 0.6 is 0 Å². The van der Waals surface area contributed by atoms with Crippen LogP contribution in [0.4, 0.5) is 0 Å². The van der Waals surface area contributed by atoms with Gasteiger partial charge in [-0.1, -0.05) is 0 Å². The lowest BCUT2D eigenvalue weighted by Crippen LogP contribution is -2.48. The van der Waals surface area contributed by atoms with Crippen LogP contribution in [0.25, 0.3) is 0 Å². The number of hydrogen-bond donors (Lipinski definition) is 0. The molecule has 0 aromatic rings. The van der Waals surface area contributed by atoms with Gasteiger partial charge in [-0.25, -0.2) is 0 Å². The minimum Gasteiger partial charge on any atom is -0.380 e. The van der Waals surface area contributed by atoms with Crippen molar-refractivity contribution < 1.29 is 14.3 Å². The van der Waals surface area contributed by atoms with Crippen LogP contribution in [0.1, 0.15) is 19.3 Å². The van der Waals surface area contributed by atoms with Crippen LogP contribution in [-0.2, 0) is 14.3 Å². The molecule has 3 atom stereocenters. The maximum atomic E-state index is 11.2. The zero-order chi connectivity index (χ0) is 11.0. The first-order chi connectivity index (χ1) is 7.80. The Hall–Kier alpha value is -0.450. The monoisotopic (exact) mass is 225 g/mol. The molecule has 0 aromatic heterocycles. The summed E-state index contributed by atoms with van der Waals surface area (Å²) in [5.74, 6) is 0. The fourth-order valence-electron chi connectivity index (χ4n) is 3.15. The highest BCUT2D eigenvalue weighted by molar-refractivity contribution is 5.60. The normalized spacial score (nSPS) is 43.8. The van der Waals surface area contributed by atoms with E-state index in [1.54, 1.807) is 0 Å². The quantitative estimate of drug-likeness (QED) is 0.654. The lowest BCUT2D eigenvalue weighted by Gasteiger charge is -2.36. The lowest BCUT2D eigenvalue weighted by molar-refractivity contribution is -0.119. The summed E-state index contributed by atoms with van der Waals surface area (Å²) in [6, 6.07) is 0. The molecule has 3 aliphatic heterocycles. The summed E-state index contributed by atoms with van der Waals surface area (Å²) in [7, 11) is 0. The van der Waals surface area contributed by atoms with Gasteiger partial charge < -0.3 is 14.3 Å². The van der Waals surface area contributed by atoms with E-state index in [4.69, 9.17) is 9.47 Å². The molecule has 3 unspecified atom stereocenters. The first-order valence-electron chi connectivity index (χ1n) is 6.22. The molecule has 3 saturated heterocycles. The first kappa shape index (κ1) is 10.7. The van der Waals surface area contributed by atoms with Crippen LogP contribution < -0.4 is 0 Å². The van der Waals surface area contributed by atoms with Crippen molar-refractivity contribution >= 4 is 6.29 Å². The van der Waals surface area contributed by atoms with E-state index in [9.17, 15) is 4.79 Å². The van der Waals surface area contributed by atoms with Gasteiger partial charge in [0.05, 0.1) is 24.2 Å². The van der Waals surface area contributed by atoms with Gasteiger partial charge in [-0.2, -0.15) is 0 Å². The second-order valence-corrected chi connectivity index (χ2v) is 5.43. The Kier molecular flexibility index (Phi) is 2.73. The maximum absolute atomic E-state index is 11.2. The Morgan fingerprint density at radius 2 is 2.06 bits per heavy atom. The fourth-order valence-corrected chi connectivity index (χ4v) is 3.15. The minimum atomic E-state index is -0.239. The molecule has 3 heterocycles. The van der Waals surface area contributed by atoms with Crippen molar-refractivity contribution in [2.45, 2.75) is 31.5 Å². The molecule has 16 heavy (non-hydrogen) atoms. The van der Waals surface area contributed by atoms with Crippen LogP contribution in [0.5, 0.6) is 0 Å². The second-order valence-electron chi connectivity index (χ2n) is 5.43. The number of aldehydes is 1. The molecule has 90 valence electrons. The van der Waals surface area contributed by atoms with Gasteiger partial charge in [0.15, 0.2) is 0 Å². The van der Waals surface area contributed by atoms with E-state index in [-0.39, 0.29) is 5.41 Å². The van der Waals surface area contributed by atoms with Gasteiger partial charge in [-0.3, -0.25) is 4.90 Å². The van der Waals surface area contributed by atoms with Gasteiger partial charge in [-0.15, -0.1) is 0 Å².